The van der Waals surface area contributed by atoms with Crippen molar-refractivity contribution in [2.24, 2.45) is 10.8 Å². The molecule has 5 aliphatic heterocycles. The minimum Gasteiger partial charge on any atom is -0.371 e. The van der Waals surface area contributed by atoms with Crippen molar-refractivity contribution in [2.75, 3.05) is 85.0 Å². The molecule has 0 radical (unpaired) electrons. The molecule has 2 spiro atoms. The van der Waals surface area contributed by atoms with Crippen molar-refractivity contribution < 1.29 is 18.8 Å². The van der Waals surface area contributed by atoms with Crippen LogP contribution in [0.1, 0.15) is 74.2 Å². The van der Waals surface area contributed by atoms with E-state index in [0.717, 1.165) is 114 Å². The van der Waals surface area contributed by atoms with Crippen LogP contribution in [-0.4, -0.2) is 105 Å². The van der Waals surface area contributed by atoms with Crippen molar-refractivity contribution >= 4 is 52.2 Å². The number of nitrogens with one attached hydrogen (secondary N) is 1. The third-order valence-corrected chi connectivity index (χ3v) is 14.7. The molecule has 3 aromatic carbocycles. The molecule has 5 heterocycles. The predicted molar refractivity (Wildman–Crippen MR) is 224 cm³/mol. The van der Waals surface area contributed by atoms with Gasteiger partial charge in [0.2, 0.25) is 5.91 Å². The van der Waals surface area contributed by atoms with Crippen LogP contribution in [0.25, 0.3) is 0 Å². The topological polar surface area (TPSA) is 106 Å². The summed E-state index contributed by atoms with van der Waals surface area (Å²) in [5.74, 6) is -0.867. The zero-order valence-electron chi connectivity index (χ0n) is 33.3. The molecule has 5 saturated heterocycles. The summed E-state index contributed by atoms with van der Waals surface area (Å²) in [5.41, 5.74) is 4.95. The van der Waals surface area contributed by atoms with E-state index in [0.29, 0.717) is 48.7 Å². The molecule has 1 aliphatic carbocycles. The molecule has 13 heteroatoms. The molecule has 6 fully saturated rings. The highest BCUT2D eigenvalue weighted by molar-refractivity contribution is 6.32. The first-order chi connectivity index (χ1) is 28.0. The van der Waals surface area contributed by atoms with Crippen LogP contribution in [0.2, 0.25) is 5.02 Å². The zero-order valence-corrected chi connectivity index (χ0v) is 34.0. The summed E-state index contributed by atoms with van der Waals surface area (Å²) >= 11 is 6.37. The zero-order chi connectivity index (χ0) is 40.2. The van der Waals surface area contributed by atoms with Gasteiger partial charge in [0.05, 0.1) is 16.1 Å². The molecule has 4 amide bonds. The van der Waals surface area contributed by atoms with E-state index in [2.05, 4.69) is 50.0 Å². The Kier molecular flexibility index (Phi) is 10.3. The summed E-state index contributed by atoms with van der Waals surface area (Å²) in [7, 11) is 0. The highest BCUT2D eigenvalue weighted by Crippen LogP contribution is 2.51. The Morgan fingerprint density at radius 1 is 0.776 bits per heavy atom. The minimum absolute atomic E-state index is 0.169. The third-order valence-electron chi connectivity index (χ3n) is 14.4. The van der Waals surface area contributed by atoms with E-state index in [1.165, 1.54) is 0 Å². The number of amides is 4. The normalized spacial score (nSPS) is 23.6. The fourth-order valence-corrected chi connectivity index (χ4v) is 11.1. The van der Waals surface area contributed by atoms with Crippen molar-refractivity contribution in [1.29, 1.82) is 5.26 Å². The van der Waals surface area contributed by atoms with Crippen molar-refractivity contribution in [2.45, 2.75) is 70.4 Å². The van der Waals surface area contributed by atoms with Crippen LogP contribution in [0.5, 0.6) is 0 Å². The molecule has 11 nitrogen and oxygen atoms in total. The van der Waals surface area contributed by atoms with Crippen LogP contribution in [0.3, 0.4) is 0 Å². The smallest absolute Gasteiger partial charge is 0.328 e. The van der Waals surface area contributed by atoms with Crippen LogP contribution in [-0.2, 0) is 4.79 Å². The maximum Gasteiger partial charge on any atom is 0.328 e. The number of nitrogens with zero attached hydrogens (tertiary/aromatic N) is 7. The number of hydrogen-bond donors (Lipinski definition) is 1. The number of piperazine rings is 1. The summed E-state index contributed by atoms with van der Waals surface area (Å²) in [6.45, 7) is 10.5. The third kappa shape index (κ3) is 7.36. The Morgan fingerprint density at radius 2 is 1.41 bits per heavy atom. The Balaban J connectivity index is 0.722. The molecule has 0 bridgehead atoms. The van der Waals surface area contributed by atoms with Crippen molar-refractivity contribution in [3.8, 4) is 6.07 Å². The molecule has 1 N–H and O–H groups in total. The lowest BCUT2D eigenvalue weighted by Gasteiger charge is -2.56. The summed E-state index contributed by atoms with van der Waals surface area (Å²) in [4.78, 5) is 50.5. The fourth-order valence-electron chi connectivity index (χ4n) is 10.9. The highest BCUT2D eigenvalue weighted by Gasteiger charge is 2.49. The van der Waals surface area contributed by atoms with E-state index in [1.54, 1.807) is 23.1 Å². The van der Waals surface area contributed by atoms with Gasteiger partial charge in [-0.1, -0.05) is 11.6 Å². The summed E-state index contributed by atoms with van der Waals surface area (Å²) in [6.07, 6.45) is 7.66. The first kappa shape index (κ1) is 38.6. The Morgan fingerprint density at radius 3 is 2.07 bits per heavy atom. The van der Waals surface area contributed by atoms with Gasteiger partial charge in [0.25, 0.3) is 5.91 Å². The summed E-state index contributed by atoms with van der Waals surface area (Å²) in [5, 5.41) is 12.2. The minimum atomic E-state index is -0.438. The number of imide groups is 1. The highest BCUT2D eigenvalue weighted by atomic mass is 35.5. The SMILES string of the molecule is C[C@H]1CC2(CCN(c3ccc(C(=O)N4CCC5(CC4)CC(N4CCN(c6ccc(N7CCC(=O)NC7=O)cc6)CC4)C5)c(F)c3)CC2)CN1c1ccc(C#N)c(Cl)c1. The van der Waals surface area contributed by atoms with Crippen LogP contribution >= 0.6 is 11.6 Å². The Labute approximate surface area is 345 Å². The van der Waals surface area contributed by atoms with Gasteiger partial charge in [-0.05, 0) is 123 Å². The van der Waals surface area contributed by atoms with Crippen LogP contribution in [0, 0.1) is 28.0 Å². The van der Waals surface area contributed by atoms with Crippen molar-refractivity contribution in [3.05, 3.63) is 82.6 Å². The Bertz CT molecular complexity index is 2110. The van der Waals surface area contributed by atoms with E-state index in [-0.39, 0.29) is 34.2 Å². The van der Waals surface area contributed by atoms with Gasteiger partial charge in [-0.25, -0.2) is 9.18 Å². The number of nitriles is 1. The Hall–Kier alpha value is -4.86. The van der Waals surface area contributed by atoms with Crippen molar-refractivity contribution in [3.63, 3.8) is 0 Å². The number of urea groups is 1. The molecule has 0 aromatic heterocycles. The monoisotopic (exact) mass is 806 g/mol. The average molecular weight is 807 g/mol. The number of piperidine rings is 2. The van der Waals surface area contributed by atoms with Gasteiger partial charge in [0.15, 0.2) is 0 Å². The standard InChI is InChI=1S/C45H52ClFN8O3/c1-31-26-45(30-55(31)36-3-2-32(29-48)39(46)24-36)13-16-50(17-14-45)35-8-9-38(40(47)25-35)42(57)53-18-11-44(12-19-53)27-37(28-44)52-22-20-51(21-23-52)33-4-6-34(7-5-33)54-15-10-41(56)49-43(54)58/h2-9,24-25,31,37H,10-23,26-28,30H2,1H3,(H,49,56,58)/t31-/m0/s1. The maximum atomic E-state index is 15.7. The van der Waals surface area contributed by atoms with E-state index in [4.69, 9.17) is 11.6 Å². The lowest BCUT2D eigenvalue weighted by Crippen LogP contribution is -2.59. The molecule has 304 valence electrons. The van der Waals surface area contributed by atoms with Gasteiger partial charge >= 0.3 is 6.03 Å². The second-order valence-electron chi connectivity index (χ2n) is 17.8. The molecule has 0 unspecified atom stereocenters. The van der Waals surface area contributed by atoms with Gasteiger partial charge in [0.1, 0.15) is 11.9 Å². The van der Waals surface area contributed by atoms with Crippen LogP contribution in [0.15, 0.2) is 60.7 Å². The molecular weight excluding hydrogens is 755 g/mol. The number of rotatable bonds is 6. The average Bonchev–Trinajstić information content (AvgIpc) is 3.54. The molecule has 9 rings (SSSR count). The van der Waals surface area contributed by atoms with Gasteiger partial charge in [0, 0.05) is 107 Å². The second kappa shape index (κ2) is 15.4. The van der Waals surface area contributed by atoms with E-state index < -0.39 is 5.82 Å². The number of anilines is 4. The predicted octanol–water partition coefficient (Wildman–Crippen LogP) is 6.89. The van der Waals surface area contributed by atoms with E-state index >= 15 is 4.39 Å². The summed E-state index contributed by atoms with van der Waals surface area (Å²) < 4.78 is 15.7. The number of halogens is 2. The number of carbonyl (C=O) groups excluding carboxylic acids is 3. The number of hydrogen-bond acceptors (Lipinski definition) is 8. The lowest BCUT2D eigenvalue weighted by atomic mass is 9.60. The molecule has 3 aromatic rings. The molecule has 58 heavy (non-hydrogen) atoms. The second-order valence-corrected chi connectivity index (χ2v) is 18.2. The number of likely N-dealkylation sites (tertiary alicyclic amines) is 1. The first-order valence-electron chi connectivity index (χ1n) is 21.0. The van der Waals surface area contributed by atoms with Gasteiger partial charge in [-0.2, -0.15) is 5.26 Å². The van der Waals surface area contributed by atoms with Gasteiger partial charge < -0.3 is 19.6 Å². The van der Waals surface area contributed by atoms with Gasteiger partial charge in [-0.3, -0.25) is 24.7 Å². The van der Waals surface area contributed by atoms with Gasteiger partial charge in [-0.15, -0.1) is 0 Å². The van der Waals surface area contributed by atoms with Crippen LogP contribution in [0.4, 0.5) is 31.9 Å². The molecule has 1 atom stereocenters. The largest absolute Gasteiger partial charge is 0.371 e. The van der Waals surface area contributed by atoms with E-state index in [9.17, 15) is 19.6 Å². The fraction of sp³-hybridized carbons (Fsp3) is 0.511. The van der Waals surface area contributed by atoms with E-state index in [1.807, 2.05) is 35.2 Å². The molecule has 1 saturated carbocycles. The lowest BCUT2D eigenvalue weighted by molar-refractivity contribution is -0.120. The first-order valence-corrected chi connectivity index (χ1v) is 21.4. The maximum absolute atomic E-state index is 15.7. The summed E-state index contributed by atoms with van der Waals surface area (Å²) in [6, 6.07) is 21.6. The van der Waals surface area contributed by atoms with Crippen LogP contribution < -0.4 is 24.9 Å². The van der Waals surface area contributed by atoms with Crippen molar-refractivity contribution in [1.82, 2.24) is 15.1 Å². The molecule has 6 aliphatic rings. The number of benzene rings is 3. The quantitative estimate of drug-likeness (QED) is 0.287. The number of carbonyl (C=O) groups is 3. The molecular formula is C45H52ClFN8O3.